The molecule has 2 heterocycles. The van der Waals surface area contributed by atoms with Crippen molar-refractivity contribution in [3.63, 3.8) is 0 Å². The number of aliphatic hydroxyl groups excluding tert-OH is 1. The molecule has 0 bridgehead atoms. The van der Waals surface area contributed by atoms with Crippen molar-refractivity contribution in [1.82, 2.24) is 19.6 Å². The quantitative estimate of drug-likeness (QED) is 0.594. The SMILES string of the molecule is CC(=O)N1CCN(C(=O)CN2CC(N(C)CC(=O)OC(C)(C)C)[C@H](O)C2)CC1. The van der Waals surface area contributed by atoms with Gasteiger partial charge < -0.3 is 19.6 Å². The highest BCUT2D eigenvalue weighted by Crippen LogP contribution is 2.17. The minimum Gasteiger partial charge on any atom is -0.459 e. The summed E-state index contributed by atoms with van der Waals surface area (Å²) in [5.41, 5.74) is -0.545. The summed E-state index contributed by atoms with van der Waals surface area (Å²) in [6.45, 7) is 10.4. The number of carbonyl (C=O) groups is 3. The maximum Gasteiger partial charge on any atom is 0.320 e. The van der Waals surface area contributed by atoms with Crippen LogP contribution in [-0.4, -0.2) is 120 Å². The van der Waals surface area contributed by atoms with Crippen LogP contribution in [0.25, 0.3) is 0 Å². The Morgan fingerprint density at radius 2 is 1.64 bits per heavy atom. The first kappa shape index (κ1) is 22.6. The first-order valence-corrected chi connectivity index (χ1v) is 9.82. The molecule has 0 aromatic rings. The number of carbonyl (C=O) groups excluding carboxylic acids is 3. The Kier molecular flexibility index (Phi) is 7.41. The number of likely N-dealkylation sites (N-methyl/N-ethyl adjacent to an activating group) is 1. The van der Waals surface area contributed by atoms with Gasteiger partial charge in [0.05, 0.1) is 19.2 Å². The van der Waals surface area contributed by atoms with E-state index in [1.807, 2.05) is 25.7 Å². The number of β-amino-alcohol motifs (C(OH)–C–C–N with tert-alkyl or cyclic N) is 1. The maximum absolute atomic E-state index is 12.6. The average molecular weight is 399 g/mol. The highest BCUT2D eigenvalue weighted by Gasteiger charge is 2.36. The molecule has 2 fully saturated rings. The highest BCUT2D eigenvalue weighted by molar-refractivity contribution is 5.79. The molecular weight excluding hydrogens is 364 g/mol. The Hall–Kier alpha value is -1.71. The van der Waals surface area contributed by atoms with Gasteiger partial charge in [0.1, 0.15) is 5.60 Å². The van der Waals surface area contributed by atoms with Crippen LogP contribution in [0.4, 0.5) is 0 Å². The summed E-state index contributed by atoms with van der Waals surface area (Å²) in [6, 6.07) is -0.227. The number of aliphatic hydroxyl groups is 1. The Bertz CT molecular complexity index is 583. The largest absolute Gasteiger partial charge is 0.459 e. The third-order valence-corrected chi connectivity index (χ3v) is 5.14. The molecule has 2 amide bonds. The normalized spacial score (nSPS) is 24.0. The summed E-state index contributed by atoms with van der Waals surface area (Å²) in [7, 11) is 1.78. The lowest BCUT2D eigenvalue weighted by atomic mass is 10.2. The van der Waals surface area contributed by atoms with Crippen molar-refractivity contribution < 1.29 is 24.2 Å². The summed E-state index contributed by atoms with van der Waals surface area (Å²) >= 11 is 0. The molecule has 0 aromatic carbocycles. The van der Waals surface area contributed by atoms with Crippen molar-refractivity contribution in [3.05, 3.63) is 0 Å². The van der Waals surface area contributed by atoms with E-state index < -0.39 is 11.7 Å². The van der Waals surface area contributed by atoms with E-state index in [1.54, 1.807) is 21.7 Å². The van der Waals surface area contributed by atoms with E-state index in [-0.39, 0.29) is 36.9 Å². The van der Waals surface area contributed by atoms with E-state index in [9.17, 15) is 19.5 Å². The summed E-state index contributed by atoms with van der Waals surface area (Å²) in [6.07, 6.45) is -0.630. The Morgan fingerprint density at radius 3 is 2.18 bits per heavy atom. The highest BCUT2D eigenvalue weighted by atomic mass is 16.6. The zero-order valence-electron chi connectivity index (χ0n) is 17.7. The number of piperazine rings is 1. The van der Waals surface area contributed by atoms with Crippen LogP contribution < -0.4 is 0 Å². The van der Waals surface area contributed by atoms with Gasteiger partial charge in [-0.3, -0.25) is 24.2 Å². The minimum absolute atomic E-state index is 0.00541. The molecule has 9 heteroatoms. The van der Waals surface area contributed by atoms with Gasteiger partial charge in [-0.2, -0.15) is 0 Å². The molecule has 0 radical (unpaired) electrons. The second kappa shape index (κ2) is 9.19. The van der Waals surface area contributed by atoms with Crippen LogP contribution >= 0.6 is 0 Å². The lowest BCUT2D eigenvalue weighted by Crippen LogP contribution is -2.52. The number of esters is 1. The molecule has 2 rings (SSSR count). The monoisotopic (exact) mass is 398 g/mol. The van der Waals surface area contributed by atoms with Gasteiger partial charge in [-0.15, -0.1) is 0 Å². The van der Waals surface area contributed by atoms with Crippen LogP contribution in [0.15, 0.2) is 0 Å². The number of ether oxygens (including phenoxy) is 1. The van der Waals surface area contributed by atoms with Crippen molar-refractivity contribution in [2.24, 2.45) is 0 Å². The first-order chi connectivity index (χ1) is 13.0. The zero-order chi connectivity index (χ0) is 21.1. The third-order valence-electron chi connectivity index (χ3n) is 5.14. The first-order valence-electron chi connectivity index (χ1n) is 9.82. The smallest absolute Gasteiger partial charge is 0.320 e. The van der Waals surface area contributed by atoms with E-state index in [2.05, 4.69) is 0 Å². The van der Waals surface area contributed by atoms with Crippen molar-refractivity contribution in [2.75, 3.05) is 59.4 Å². The van der Waals surface area contributed by atoms with Gasteiger partial charge in [-0.05, 0) is 27.8 Å². The molecule has 0 aliphatic carbocycles. The van der Waals surface area contributed by atoms with Gasteiger partial charge in [0.25, 0.3) is 0 Å². The van der Waals surface area contributed by atoms with Gasteiger partial charge in [-0.25, -0.2) is 0 Å². The molecular formula is C19H34N4O5. The maximum atomic E-state index is 12.6. The van der Waals surface area contributed by atoms with E-state index in [4.69, 9.17) is 4.74 Å². The molecule has 0 saturated carbocycles. The van der Waals surface area contributed by atoms with Gasteiger partial charge in [0.2, 0.25) is 11.8 Å². The lowest BCUT2D eigenvalue weighted by Gasteiger charge is -2.35. The molecule has 2 aliphatic rings. The molecule has 2 aliphatic heterocycles. The fraction of sp³-hybridized carbons (Fsp3) is 0.842. The van der Waals surface area contributed by atoms with Crippen LogP contribution in [0.5, 0.6) is 0 Å². The van der Waals surface area contributed by atoms with E-state index in [0.717, 1.165) is 0 Å². The Labute approximate surface area is 167 Å². The molecule has 2 atom stereocenters. The molecule has 0 spiro atoms. The van der Waals surface area contributed by atoms with Gasteiger partial charge in [0, 0.05) is 52.2 Å². The lowest BCUT2D eigenvalue weighted by molar-refractivity contribution is -0.156. The molecule has 9 nitrogen and oxygen atoms in total. The van der Waals surface area contributed by atoms with Crippen LogP contribution in [0, 0.1) is 0 Å². The van der Waals surface area contributed by atoms with Crippen molar-refractivity contribution >= 4 is 17.8 Å². The van der Waals surface area contributed by atoms with Crippen LogP contribution in [-0.2, 0) is 19.1 Å². The molecule has 0 aromatic heterocycles. The van der Waals surface area contributed by atoms with Crippen molar-refractivity contribution in [1.29, 1.82) is 0 Å². The minimum atomic E-state index is -0.630. The molecule has 28 heavy (non-hydrogen) atoms. The standard InChI is InChI=1S/C19H34N4O5/c1-14(24)22-6-8-23(9-7-22)17(26)12-21-10-15(16(25)11-21)20(5)13-18(27)28-19(2,3)4/h15-16,25H,6-13H2,1-5H3/t15?,16-/m1/s1. The second-order valence-electron chi connectivity index (χ2n) is 8.72. The summed E-state index contributed by atoms with van der Waals surface area (Å²) < 4.78 is 5.33. The Balaban J connectivity index is 1.80. The molecule has 1 unspecified atom stereocenters. The molecule has 2 saturated heterocycles. The average Bonchev–Trinajstić information content (AvgIpc) is 2.93. The predicted octanol–water partition coefficient (Wildman–Crippen LogP) is -1.00. The summed E-state index contributed by atoms with van der Waals surface area (Å²) in [5.74, 6) is -0.295. The summed E-state index contributed by atoms with van der Waals surface area (Å²) in [4.78, 5) is 43.2. The second-order valence-corrected chi connectivity index (χ2v) is 8.72. The van der Waals surface area contributed by atoms with Crippen molar-refractivity contribution in [3.8, 4) is 0 Å². The fourth-order valence-corrected chi connectivity index (χ4v) is 3.67. The van der Waals surface area contributed by atoms with Gasteiger partial charge >= 0.3 is 5.97 Å². The summed E-state index contributed by atoms with van der Waals surface area (Å²) in [5, 5.41) is 10.4. The van der Waals surface area contributed by atoms with E-state index in [0.29, 0.717) is 39.3 Å². The number of rotatable bonds is 5. The van der Waals surface area contributed by atoms with Crippen LogP contribution in [0.2, 0.25) is 0 Å². The zero-order valence-corrected chi connectivity index (χ0v) is 17.7. The number of likely N-dealkylation sites (tertiary alicyclic amines) is 1. The number of nitrogens with zero attached hydrogens (tertiary/aromatic N) is 4. The topological polar surface area (TPSA) is 93.6 Å². The third kappa shape index (κ3) is 6.42. The van der Waals surface area contributed by atoms with Crippen molar-refractivity contribution in [2.45, 2.75) is 45.4 Å². The van der Waals surface area contributed by atoms with Crippen LogP contribution in [0.3, 0.4) is 0 Å². The molecule has 160 valence electrons. The molecule has 1 N–H and O–H groups in total. The number of amides is 2. The Morgan fingerprint density at radius 1 is 1.07 bits per heavy atom. The van der Waals surface area contributed by atoms with Gasteiger partial charge in [-0.1, -0.05) is 0 Å². The van der Waals surface area contributed by atoms with E-state index in [1.165, 1.54) is 6.92 Å². The predicted molar refractivity (Wildman–Crippen MR) is 104 cm³/mol. The van der Waals surface area contributed by atoms with Crippen LogP contribution in [0.1, 0.15) is 27.7 Å². The fourth-order valence-electron chi connectivity index (χ4n) is 3.67. The van der Waals surface area contributed by atoms with E-state index >= 15 is 0 Å². The number of hydrogen-bond acceptors (Lipinski definition) is 7. The number of hydrogen-bond donors (Lipinski definition) is 1. The van der Waals surface area contributed by atoms with Gasteiger partial charge in [0.15, 0.2) is 0 Å².